The van der Waals surface area contributed by atoms with Crippen LogP contribution in [0.25, 0.3) is 11.0 Å². The van der Waals surface area contributed by atoms with Crippen molar-refractivity contribution in [2.75, 3.05) is 37.0 Å². The first-order valence-electron chi connectivity index (χ1n) is 10.1. The third-order valence-electron chi connectivity index (χ3n) is 6.06. The maximum Gasteiger partial charge on any atom is 0.246 e. The summed E-state index contributed by atoms with van der Waals surface area (Å²) in [5.41, 5.74) is 1.02. The number of fused-ring (bicyclic) bond motifs is 1. The molecule has 1 aromatic carbocycles. The SMILES string of the molecule is C=CC(=O)N1CCC12CN(c1nc3c(Nc4cccc(Cl)c4F)ncnc3cc1OC)C2. The number of carbonyl (C=O) groups is 1. The number of methoxy groups -OCH3 is 1. The first-order chi connectivity index (χ1) is 15.5. The smallest absolute Gasteiger partial charge is 0.246 e. The molecule has 0 unspecified atom stereocenters. The highest BCUT2D eigenvalue weighted by atomic mass is 35.5. The molecule has 2 saturated heterocycles. The van der Waals surface area contributed by atoms with Gasteiger partial charge in [0.15, 0.2) is 23.2 Å². The minimum atomic E-state index is -0.573. The molecular weight excluding hydrogens is 435 g/mol. The van der Waals surface area contributed by atoms with E-state index < -0.39 is 5.82 Å². The lowest BCUT2D eigenvalue weighted by molar-refractivity contribution is -0.144. The lowest BCUT2D eigenvalue weighted by Crippen LogP contribution is -2.78. The van der Waals surface area contributed by atoms with E-state index in [0.29, 0.717) is 41.5 Å². The van der Waals surface area contributed by atoms with E-state index in [4.69, 9.17) is 21.3 Å². The van der Waals surface area contributed by atoms with Crippen LogP contribution in [0.2, 0.25) is 5.02 Å². The van der Waals surface area contributed by atoms with Gasteiger partial charge in [0.2, 0.25) is 5.91 Å². The second-order valence-electron chi connectivity index (χ2n) is 7.86. The summed E-state index contributed by atoms with van der Waals surface area (Å²) in [7, 11) is 1.57. The van der Waals surface area contributed by atoms with Gasteiger partial charge in [0.1, 0.15) is 11.8 Å². The maximum atomic E-state index is 14.4. The number of hydrogen-bond acceptors (Lipinski definition) is 7. The molecule has 10 heteroatoms. The molecule has 0 aliphatic carbocycles. The Morgan fingerprint density at radius 1 is 1.38 bits per heavy atom. The number of hydrogen-bond donors (Lipinski definition) is 1. The Hall–Kier alpha value is -3.46. The van der Waals surface area contributed by atoms with E-state index >= 15 is 0 Å². The van der Waals surface area contributed by atoms with Gasteiger partial charge in [-0.3, -0.25) is 4.79 Å². The molecule has 0 atom stereocenters. The summed E-state index contributed by atoms with van der Waals surface area (Å²) in [6.07, 6.45) is 3.66. The van der Waals surface area contributed by atoms with Crippen LogP contribution in [-0.4, -0.2) is 58.0 Å². The van der Waals surface area contributed by atoms with Crippen molar-refractivity contribution in [1.29, 1.82) is 0 Å². The summed E-state index contributed by atoms with van der Waals surface area (Å²) in [5.74, 6) is 0.899. The molecule has 2 fully saturated rings. The second-order valence-corrected chi connectivity index (χ2v) is 8.26. The number of benzene rings is 1. The van der Waals surface area contributed by atoms with Crippen LogP contribution >= 0.6 is 11.6 Å². The van der Waals surface area contributed by atoms with Gasteiger partial charge in [-0.25, -0.2) is 19.3 Å². The Morgan fingerprint density at radius 2 is 2.19 bits per heavy atom. The van der Waals surface area contributed by atoms with Gasteiger partial charge >= 0.3 is 0 Å². The van der Waals surface area contributed by atoms with Crippen LogP contribution in [0.1, 0.15) is 6.42 Å². The minimum absolute atomic E-state index is 0.00804. The predicted molar refractivity (Wildman–Crippen MR) is 120 cm³/mol. The molecule has 32 heavy (non-hydrogen) atoms. The van der Waals surface area contributed by atoms with Gasteiger partial charge in [-0.1, -0.05) is 24.2 Å². The highest BCUT2D eigenvalue weighted by Gasteiger charge is 2.55. The van der Waals surface area contributed by atoms with Crippen LogP contribution in [0.4, 0.5) is 21.7 Å². The van der Waals surface area contributed by atoms with Crippen molar-refractivity contribution in [3.63, 3.8) is 0 Å². The zero-order chi connectivity index (χ0) is 22.5. The largest absolute Gasteiger partial charge is 0.493 e. The van der Waals surface area contributed by atoms with Gasteiger partial charge in [-0.15, -0.1) is 0 Å². The fourth-order valence-electron chi connectivity index (χ4n) is 4.29. The molecular formula is C22H20ClFN6O2. The summed E-state index contributed by atoms with van der Waals surface area (Å²) >= 11 is 5.90. The summed E-state index contributed by atoms with van der Waals surface area (Å²) < 4.78 is 20.0. The second kappa shape index (κ2) is 7.59. The molecule has 2 aliphatic heterocycles. The summed E-state index contributed by atoms with van der Waals surface area (Å²) in [5, 5.41) is 2.98. The molecule has 8 nitrogen and oxygen atoms in total. The number of nitrogens with zero attached hydrogens (tertiary/aromatic N) is 5. The van der Waals surface area contributed by atoms with E-state index in [1.165, 1.54) is 18.5 Å². The monoisotopic (exact) mass is 454 g/mol. The van der Waals surface area contributed by atoms with Crippen molar-refractivity contribution < 1.29 is 13.9 Å². The number of anilines is 3. The predicted octanol–water partition coefficient (Wildman–Crippen LogP) is 3.55. The van der Waals surface area contributed by atoms with Crippen molar-refractivity contribution in [2.45, 2.75) is 12.0 Å². The third-order valence-corrected chi connectivity index (χ3v) is 6.36. The van der Waals surface area contributed by atoms with Gasteiger partial charge < -0.3 is 19.9 Å². The van der Waals surface area contributed by atoms with E-state index in [-0.39, 0.29) is 22.2 Å². The molecule has 3 aromatic rings. The van der Waals surface area contributed by atoms with Crippen LogP contribution in [0.15, 0.2) is 43.2 Å². The van der Waals surface area contributed by atoms with Gasteiger partial charge in [0.05, 0.1) is 28.9 Å². The molecule has 164 valence electrons. The van der Waals surface area contributed by atoms with Crippen molar-refractivity contribution >= 4 is 45.9 Å². The van der Waals surface area contributed by atoms with Gasteiger partial charge in [-0.2, -0.15) is 0 Å². The van der Waals surface area contributed by atoms with E-state index in [2.05, 4.69) is 26.8 Å². The number of halogens is 2. The lowest BCUT2D eigenvalue weighted by atomic mass is 9.77. The molecule has 5 rings (SSSR count). The van der Waals surface area contributed by atoms with Crippen LogP contribution in [0, 0.1) is 5.82 Å². The molecule has 0 radical (unpaired) electrons. The van der Waals surface area contributed by atoms with Crippen molar-refractivity contribution in [3.05, 3.63) is 54.1 Å². The molecule has 2 aliphatic rings. The summed E-state index contributed by atoms with van der Waals surface area (Å²) in [6.45, 7) is 5.60. The molecule has 4 heterocycles. The number of likely N-dealkylation sites (tertiary alicyclic amines) is 1. The fourth-order valence-corrected chi connectivity index (χ4v) is 4.47. The molecule has 0 bridgehead atoms. The van der Waals surface area contributed by atoms with Crippen molar-refractivity contribution in [1.82, 2.24) is 19.9 Å². The van der Waals surface area contributed by atoms with Crippen molar-refractivity contribution in [2.24, 2.45) is 0 Å². The Balaban J connectivity index is 1.49. The Labute approximate surface area is 188 Å². The van der Waals surface area contributed by atoms with Crippen LogP contribution in [0.5, 0.6) is 5.75 Å². The molecule has 1 N–H and O–H groups in total. The fraction of sp³-hybridized carbons (Fsp3) is 0.273. The van der Waals surface area contributed by atoms with Crippen LogP contribution in [-0.2, 0) is 4.79 Å². The normalized spacial score (nSPS) is 16.5. The topological polar surface area (TPSA) is 83.5 Å². The highest BCUT2D eigenvalue weighted by molar-refractivity contribution is 6.31. The molecule has 1 spiro atoms. The van der Waals surface area contributed by atoms with Crippen molar-refractivity contribution in [3.8, 4) is 5.75 Å². The maximum absolute atomic E-state index is 14.4. The molecule has 2 aromatic heterocycles. The number of aromatic nitrogens is 3. The highest BCUT2D eigenvalue weighted by Crippen LogP contribution is 2.44. The number of ether oxygens (including phenoxy) is 1. The zero-order valence-electron chi connectivity index (χ0n) is 17.3. The quantitative estimate of drug-likeness (QED) is 0.590. The average molecular weight is 455 g/mol. The number of nitrogens with one attached hydrogen (secondary N) is 1. The van der Waals surface area contributed by atoms with Gasteiger partial charge in [0.25, 0.3) is 0 Å². The summed E-state index contributed by atoms with van der Waals surface area (Å²) in [4.78, 5) is 29.3. The zero-order valence-corrected chi connectivity index (χ0v) is 18.1. The van der Waals surface area contributed by atoms with E-state index in [1.54, 1.807) is 25.3 Å². The third kappa shape index (κ3) is 3.12. The van der Waals surface area contributed by atoms with E-state index in [0.717, 1.165) is 13.0 Å². The Morgan fingerprint density at radius 3 is 2.88 bits per heavy atom. The number of pyridine rings is 1. The lowest BCUT2D eigenvalue weighted by Gasteiger charge is -2.62. The minimum Gasteiger partial charge on any atom is -0.493 e. The molecule has 1 amide bonds. The first kappa shape index (κ1) is 20.4. The standard InChI is InChI=1S/C22H20ClFN6O2/c1-3-17(31)30-8-7-22(30)10-29(11-22)21-16(32-2)9-15-19(28-21)20(26-12-25-15)27-14-6-4-5-13(23)18(14)24/h3-6,9,12H,1,7-8,10-11H2,2H3,(H,25,26,27). The molecule has 0 saturated carbocycles. The Bertz CT molecular complexity index is 1250. The Kier molecular flexibility index (Phi) is 4.85. The van der Waals surface area contributed by atoms with Crippen LogP contribution < -0.4 is 15.0 Å². The van der Waals surface area contributed by atoms with Gasteiger partial charge in [-0.05, 0) is 24.6 Å². The summed E-state index contributed by atoms with van der Waals surface area (Å²) in [6, 6.07) is 6.47. The van der Waals surface area contributed by atoms with Crippen LogP contribution in [0.3, 0.4) is 0 Å². The van der Waals surface area contributed by atoms with E-state index in [1.807, 2.05) is 4.90 Å². The average Bonchev–Trinajstić information content (AvgIpc) is 2.75. The number of rotatable bonds is 5. The van der Waals surface area contributed by atoms with E-state index in [9.17, 15) is 9.18 Å². The number of carbonyl (C=O) groups excluding carboxylic acids is 1. The first-order valence-corrected chi connectivity index (χ1v) is 10.4. The number of amides is 1. The van der Waals surface area contributed by atoms with Gasteiger partial charge in [0, 0.05) is 25.7 Å².